The Morgan fingerprint density at radius 3 is 1.65 bits per heavy atom. The van der Waals surface area contributed by atoms with Crippen LogP contribution in [-0.2, 0) is 19.7 Å². The van der Waals surface area contributed by atoms with Crippen molar-refractivity contribution in [1.82, 2.24) is 5.32 Å². The van der Waals surface area contributed by atoms with Gasteiger partial charge in [-0.3, -0.25) is 9.59 Å². The van der Waals surface area contributed by atoms with Gasteiger partial charge in [0, 0.05) is 11.3 Å². The van der Waals surface area contributed by atoms with Crippen molar-refractivity contribution in [3.8, 4) is 0 Å². The third-order valence-electron chi connectivity index (χ3n) is 6.61. The number of hydrogen-bond acceptors (Lipinski definition) is 6. The molecule has 0 heterocycles. The molecule has 48 heavy (non-hydrogen) atoms. The second-order valence-corrected chi connectivity index (χ2v) is 13.8. The van der Waals surface area contributed by atoms with E-state index in [0.29, 0.717) is 48.0 Å². The van der Waals surface area contributed by atoms with E-state index in [2.05, 4.69) is 5.32 Å². The van der Waals surface area contributed by atoms with Gasteiger partial charge in [0.15, 0.2) is 12.8 Å². The summed E-state index contributed by atoms with van der Waals surface area (Å²) in [5.41, 5.74) is 5.49. The van der Waals surface area contributed by atoms with E-state index in [1.807, 2.05) is 56.0 Å². The first kappa shape index (κ1) is 76.7. The Kier molecular flexibility index (Phi) is 49.1. The molecule has 0 saturated carbocycles. The summed E-state index contributed by atoms with van der Waals surface area (Å²) >= 11 is 0. The molecule has 3 atom stereocenters. The van der Waals surface area contributed by atoms with Crippen LogP contribution in [0.4, 0.5) is 0 Å². The molecule has 1 aromatic carbocycles. The predicted molar refractivity (Wildman–Crippen MR) is 209 cm³/mol. The zero-order valence-corrected chi connectivity index (χ0v) is 29.5. The molecule has 0 aromatic heterocycles. The number of carbonyl (C=O) groups is 2. The van der Waals surface area contributed by atoms with Crippen LogP contribution >= 0.6 is 0 Å². The molecule has 4 N–H and O–H groups in total. The minimum Gasteiger partial charge on any atom is -0.744 e. The number of primary amides is 1. The van der Waals surface area contributed by atoms with Crippen LogP contribution in [0.1, 0.15) is 111 Å². The number of amides is 2. The fourth-order valence-corrected chi connectivity index (χ4v) is 5.10. The molecule has 0 aliphatic heterocycles. The Morgan fingerprint density at radius 1 is 0.896 bits per heavy atom. The second kappa shape index (κ2) is 30.7. The van der Waals surface area contributed by atoms with Crippen LogP contribution in [0.3, 0.4) is 0 Å². The maximum absolute atomic E-state index is 13.3. The van der Waals surface area contributed by atoms with Crippen molar-refractivity contribution >= 4 is 21.9 Å². The van der Waals surface area contributed by atoms with Gasteiger partial charge in [0.05, 0.1) is 40.1 Å². The molecule has 0 radical (unpaired) electrons. The molecular formula is C36H85N4NaO6S. The number of aliphatic hydroxyl groups is 1. The number of nitrogens with one attached hydrogen (secondary N) is 1. The normalized spacial score (nSPS) is 12.0. The van der Waals surface area contributed by atoms with Gasteiger partial charge < -0.3 is 44.5 Å². The summed E-state index contributed by atoms with van der Waals surface area (Å²) in [6.07, 6.45) is 0.784. The quantitative estimate of drug-likeness (QED) is 0.0812. The fraction of sp³-hybridized carbons (Fsp3) is 0.722. The number of nitrogens with zero attached hydrogens (tertiary/aromatic N) is 2. The molecule has 2 amide bonds. The molecule has 0 aliphatic carbocycles. The Hall–Kier alpha value is -1.05. The van der Waals surface area contributed by atoms with E-state index >= 15 is 0 Å². The molecule has 0 bridgehead atoms. The monoisotopic (exact) mass is 725 g/mol. The summed E-state index contributed by atoms with van der Waals surface area (Å²) in [4.78, 5) is 24.9. The van der Waals surface area contributed by atoms with Crippen LogP contribution in [0.5, 0.6) is 0 Å². The number of benzene rings is 1. The number of aliphatic hydroxyl groups excluding tert-OH is 1. The van der Waals surface area contributed by atoms with E-state index < -0.39 is 33.5 Å². The van der Waals surface area contributed by atoms with Crippen molar-refractivity contribution in [1.29, 1.82) is 0 Å². The third kappa shape index (κ3) is 27.7. The van der Waals surface area contributed by atoms with Crippen molar-refractivity contribution < 1.29 is 66.2 Å². The second-order valence-electron chi connectivity index (χ2n) is 12.5. The number of likely N-dealkylation sites (N-methyl/N-ethyl adjacent to an activating group) is 2. The van der Waals surface area contributed by atoms with E-state index in [9.17, 15) is 27.7 Å². The molecule has 0 saturated heterocycles. The average molecular weight is 725 g/mol. The van der Waals surface area contributed by atoms with Crippen LogP contribution < -0.4 is 40.6 Å². The first-order chi connectivity index (χ1) is 16.7. The van der Waals surface area contributed by atoms with Crippen molar-refractivity contribution in [3.63, 3.8) is 0 Å². The average Bonchev–Trinajstić information content (AvgIpc) is 2.72. The molecule has 3 unspecified atom stereocenters. The molecular weight excluding hydrogens is 639 g/mol. The molecule has 10 nitrogen and oxygen atoms in total. The van der Waals surface area contributed by atoms with E-state index in [1.54, 1.807) is 12.1 Å². The summed E-state index contributed by atoms with van der Waals surface area (Å²) in [6, 6.07) is 5.63. The Labute approximate surface area is 324 Å². The first-order valence-electron chi connectivity index (χ1n) is 12.6. The summed E-state index contributed by atoms with van der Waals surface area (Å²) in [6.45, 7) is 6.91. The van der Waals surface area contributed by atoms with Gasteiger partial charge in [-0.2, -0.15) is 0 Å². The van der Waals surface area contributed by atoms with Crippen molar-refractivity contribution in [2.75, 3.05) is 55.0 Å². The summed E-state index contributed by atoms with van der Waals surface area (Å²) < 4.78 is 35.1. The van der Waals surface area contributed by atoms with Gasteiger partial charge >= 0.3 is 29.6 Å². The molecule has 0 aliphatic rings. The smallest absolute Gasteiger partial charge is 0.744 e. The number of rotatable bonds is 15. The van der Waals surface area contributed by atoms with Gasteiger partial charge in [0.2, 0.25) is 11.8 Å². The van der Waals surface area contributed by atoms with Gasteiger partial charge in [0.1, 0.15) is 23.2 Å². The van der Waals surface area contributed by atoms with Crippen LogP contribution in [0.25, 0.3) is 0 Å². The predicted octanol–water partition coefficient (Wildman–Crippen LogP) is 4.20. The zero-order valence-electron chi connectivity index (χ0n) is 26.7. The van der Waals surface area contributed by atoms with Gasteiger partial charge in [0.25, 0.3) is 0 Å². The van der Waals surface area contributed by atoms with E-state index in [-0.39, 0.29) is 121 Å². The van der Waals surface area contributed by atoms with Crippen molar-refractivity contribution in [3.05, 3.63) is 44.7 Å². The minimum atomic E-state index is -4.58. The Balaban J connectivity index is -0.000000138. The molecule has 0 spiro atoms. The number of quaternary nitrogens is 2. The Morgan fingerprint density at radius 2 is 1.31 bits per heavy atom. The van der Waals surface area contributed by atoms with Crippen LogP contribution in [-0.4, -0.2) is 100.0 Å². The Bertz CT molecular complexity index is 1030. The topological polar surface area (TPSA) is 150 Å². The van der Waals surface area contributed by atoms with Gasteiger partial charge in [-0.1, -0.05) is 92.3 Å². The molecule has 12 heteroatoms. The van der Waals surface area contributed by atoms with Crippen LogP contribution in [0.15, 0.2) is 29.2 Å². The largest absolute Gasteiger partial charge is 1.00 e. The van der Waals surface area contributed by atoms with Gasteiger partial charge in [-0.25, -0.2) is 8.42 Å². The minimum absolute atomic E-state index is 0. The van der Waals surface area contributed by atoms with Crippen molar-refractivity contribution in [2.24, 2.45) is 17.1 Å². The molecule has 0 fully saturated rings. The number of hydrogen-bond donors (Lipinski definition) is 3. The van der Waals surface area contributed by atoms with Crippen LogP contribution in [0, 0.1) is 26.2 Å². The summed E-state index contributed by atoms with van der Waals surface area (Å²) in [5, 5.41) is 13.5. The SMILES string of the molecule is C.C.C.C.C.C.C.C.CCC(CC(CC(C)(C)C(=O)NC[N+](C)(C)CC(O)C[N+](C)(C)C)c1ccc(S(=O)(=O)[O-])cc1)C(N)=O.[CH3-].[CH3-].[Na+]. The third-order valence-corrected chi connectivity index (χ3v) is 7.46. The maximum Gasteiger partial charge on any atom is 1.00 e. The van der Waals surface area contributed by atoms with Gasteiger partial charge in [-0.05, 0) is 42.9 Å². The molecule has 292 valence electrons. The van der Waals surface area contributed by atoms with Gasteiger partial charge in [-0.15, -0.1) is 0 Å². The maximum atomic E-state index is 13.3. The first-order valence-corrected chi connectivity index (χ1v) is 14.0. The fourth-order valence-electron chi connectivity index (χ4n) is 4.63. The van der Waals surface area contributed by atoms with E-state index in [4.69, 9.17) is 5.73 Å². The molecule has 1 rings (SSSR count). The number of carbonyl (C=O) groups excluding carboxylic acids is 2. The van der Waals surface area contributed by atoms with E-state index in [1.165, 1.54) is 12.1 Å². The number of nitrogens with two attached hydrogens (primary N) is 1. The van der Waals surface area contributed by atoms with Crippen molar-refractivity contribution in [2.45, 2.75) is 116 Å². The molecule has 1 aromatic rings. The van der Waals surface area contributed by atoms with E-state index in [0.717, 1.165) is 5.56 Å². The zero-order chi connectivity index (χ0) is 28.8. The summed E-state index contributed by atoms with van der Waals surface area (Å²) in [5.74, 6) is -1.28. The van der Waals surface area contributed by atoms with Crippen LogP contribution in [0.2, 0.25) is 0 Å². The summed E-state index contributed by atoms with van der Waals surface area (Å²) in [7, 11) is 5.34. The standard InChI is InChI=1S/C26H46N4O6S.8CH4.2CH3.Na/c1-9-19(24(27)32)14-21(20-10-12-23(13-11-20)37(34,35)36)15-26(2,3)25(33)28-18-30(7,8)17-22(31)16-29(4,5)6;;;;;;;;;;;/h10-13,19,21-22,31H,9,14-18H2,1-8H3,(H2-2,27,28,32,33,34,35,36);8*1H4;2*1H3;/q;;;;;;;;;2*-1;+1/p+1.